The topological polar surface area (TPSA) is 39.7 Å². The summed E-state index contributed by atoms with van der Waals surface area (Å²) in [5.41, 5.74) is 3.38. The lowest BCUT2D eigenvalue weighted by atomic mass is 10.2. The molecule has 0 spiro atoms. The first-order chi connectivity index (χ1) is 14.1. The SMILES string of the molecule is CN(c1ccccc1)c1ccnc(C(=O)N2CCN(c3ccc(F)cc3)CC2)c1. The average Bonchev–Trinajstić information content (AvgIpc) is 2.79. The highest BCUT2D eigenvalue weighted by atomic mass is 19.1. The monoisotopic (exact) mass is 390 g/mol. The molecule has 4 rings (SSSR count). The van der Waals surface area contributed by atoms with Crippen molar-refractivity contribution in [2.75, 3.05) is 43.0 Å². The smallest absolute Gasteiger partial charge is 0.272 e. The third-order valence-corrected chi connectivity index (χ3v) is 5.25. The molecule has 0 atom stereocenters. The minimum atomic E-state index is -0.242. The zero-order valence-electron chi connectivity index (χ0n) is 16.3. The normalized spacial score (nSPS) is 14.0. The minimum Gasteiger partial charge on any atom is -0.368 e. The summed E-state index contributed by atoms with van der Waals surface area (Å²) in [5.74, 6) is -0.305. The summed E-state index contributed by atoms with van der Waals surface area (Å²) >= 11 is 0. The van der Waals surface area contributed by atoms with Crippen LogP contribution in [0.15, 0.2) is 72.9 Å². The number of rotatable bonds is 4. The number of nitrogens with zero attached hydrogens (tertiary/aromatic N) is 4. The van der Waals surface area contributed by atoms with E-state index in [2.05, 4.69) is 9.88 Å². The Kier molecular flexibility index (Phi) is 5.42. The molecule has 0 N–H and O–H groups in total. The van der Waals surface area contributed by atoms with E-state index in [-0.39, 0.29) is 11.7 Å². The van der Waals surface area contributed by atoms with Crippen molar-refractivity contribution in [1.82, 2.24) is 9.88 Å². The van der Waals surface area contributed by atoms with Gasteiger partial charge in [-0.05, 0) is 48.5 Å². The lowest BCUT2D eigenvalue weighted by molar-refractivity contribution is 0.0741. The van der Waals surface area contributed by atoms with Crippen molar-refractivity contribution in [3.05, 3.63) is 84.4 Å². The molecule has 1 aromatic heterocycles. The second-order valence-electron chi connectivity index (χ2n) is 7.05. The summed E-state index contributed by atoms with van der Waals surface area (Å²) in [6.45, 7) is 2.63. The highest BCUT2D eigenvalue weighted by Gasteiger charge is 2.23. The van der Waals surface area contributed by atoms with Crippen LogP contribution in [0.5, 0.6) is 0 Å². The summed E-state index contributed by atoms with van der Waals surface area (Å²) in [5, 5.41) is 0. The van der Waals surface area contributed by atoms with Gasteiger partial charge in [-0.2, -0.15) is 0 Å². The molecule has 6 heteroatoms. The summed E-state index contributed by atoms with van der Waals surface area (Å²) in [6.07, 6.45) is 1.68. The van der Waals surface area contributed by atoms with E-state index in [4.69, 9.17) is 0 Å². The van der Waals surface area contributed by atoms with Crippen LogP contribution in [0.1, 0.15) is 10.5 Å². The third-order valence-electron chi connectivity index (χ3n) is 5.25. The number of benzene rings is 2. The number of hydrogen-bond donors (Lipinski definition) is 0. The molecule has 0 unspecified atom stereocenters. The van der Waals surface area contributed by atoms with Crippen molar-refractivity contribution in [2.45, 2.75) is 0 Å². The summed E-state index contributed by atoms with van der Waals surface area (Å²) in [4.78, 5) is 23.3. The van der Waals surface area contributed by atoms with Gasteiger partial charge in [-0.1, -0.05) is 18.2 Å². The van der Waals surface area contributed by atoms with Gasteiger partial charge in [0.1, 0.15) is 11.5 Å². The Labute approximate surface area is 170 Å². The molecule has 1 aliphatic rings. The molecular weight excluding hydrogens is 367 g/mol. The molecule has 148 valence electrons. The lowest BCUT2D eigenvalue weighted by Gasteiger charge is -2.36. The van der Waals surface area contributed by atoms with Gasteiger partial charge in [0.25, 0.3) is 5.91 Å². The number of aromatic nitrogens is 1. The van der Waals surface area contributed by atoms with Gasteiger partial charge >= 0.3 is 0 Å². The summed E-state index contributed by atoms with van der Waals surface area (Å²) < 4.78 is 13.1. The predicted molar refractivity (Wildman–Crippen MR) is 113 cm³/mol. The minimum absolute atomic E-state index is 0.0629. The molecule has 3 aromatic rings. The number of pyridine rings is 1. The molecule has 1 fully saturated rings. The van der Waals surface area contributed by atoms with Gasteiger partial charge in [-0.25, -0.2) is 4.39 Å². The Bertz CT molecular complexity index is 970. The molecule has 1 aliphatic heterocycles. The van der Waals surface area contributed by atoms with Gasteiger partial charge in [-0.15, -0.1) is 0 Å². The fourth-order valence-corrected chi connectivity index (χ4v) is 3.53. The number of carbonyl (C=O) groups is 1. The Morgan fingerprint density at radius 3 is 2.31 bits per heavy atom. The molecule has 0 radical (unpaired) electrons. The van der Waals surface area contributed by atoms with E-state index >= 15 is 0 Å². The van der Waals surface area contributed by atoms with E-state index in [0.717, 1.165) is 17.1 Å². The fraction of sp³-hybridized carbons (Fsp3) is 0.217. The number of carbonyl (C=O) groups excluding carboxylic acids is 1. The van der Waals surface area contributed by atoms with Crippen LogP contribution in [-0.4, -0.2) is 49.0 Å². The van der Waals surface area contributed by atoms with Crippen molar-refractivity contribution in [3.63, 3.8) is 0 Å². The van der Waals surface area contributed by atoms with Crippen LogP contribution in [0.4, 0.5) is 21.5 Å². The van der Waals surface area contributed by atoms with E-state index in [9.17, 15) is 9.18 Å². The summed E-state index contributed by atoms with van der Waals surface area (Å²) in [7, 11) is 1.97. The molecule has 2 heterocycles. The van der Waals surface area contributed by atoms with Crippen molar-refractivity contribution in [2.24, 2.45) is 0 Å². The Morgan fingerprint density at radius 2 is 1.62 bits per heavy atom. The van der Waals surface area contributed by atoms with Crippen molar-refractivity contribution >= 4 is 23.0 Å². The Balaban J connectivity index is 1.43. The second kappa shape index (κ2) is 8.31. The molecule has 5 nitrogen and oxygen atoms in total. The van der Waals surface area contributed by atoms with Crippen LogP contribution in [0, 0.1) is 5.82 Å². The third kappa shape index (κ3) is 4.21. The number of piperazine rings is 1. The van der Waals surface area contributed by atoms with Gasteiger partial charge in [0.15, 0.2) is 0 Å². The highest BCUT2D eigenvalue weighted by Crippen LogP contribution is 2.24. The van der Waals surface area contributed by atoms with Gasteiger partial charge < -0.3 is 14.7 Å². The zero-order valence-corrected chi connectivity index (χ0v) is 16.3. The van der Waals surface area contributed by atoms with E-state index < -0.39 is 0 Å². The first-order valence-electron chi connectivity index (χ1n) is 9.66. The lowest BCUT2D eigenvalue weighted by Crippen LogP contribution is -2.49. The molecule has 1 saturated heterocycles. The Hall–Kier alpha value is -3.41. The molecule has 2 aromatic carbocycles. The summed E-state index contributed by atoms with van der Waals surface area (Å²) in [6, 6.07) is 20.2. The largest absolute Gasteiger partial charge is 0.368 e. The van der Waals surface area contributed by atoms with Crippen molar-refractivity contribution < 1.29 is 9.18 Å². The maximum atomic E-state index is 13.1. The van der Waals surface area contributed by atoms with Gasteiger partial charge in [0.05, 0.1) is 0 Å². The Morgan fingerprint density at radius 1 is 0.931 bits per heavy atom. The van der Waals surface area contributed by atoms with Gasteiger partial charge in [0.2, 0.25) is 0 Å². The number of para-hydroxylation sites is 1. The second-order valence-corrected chi connectivity index (χ2v) is 7.05. The van der Waals surface area contributed by atoms with E-state index in [1.807, 2.05) is 59.3 Å². The van der Waals surface area contributed by atoms with E-state index in [1.165, 1.54) is 12.1 Å². The van der Waals surface area contributed by atoms with E-state index in [0.29, 0.717) is 31.9 Å². The van der Waals surface area contributed by atoms with Crippen LogP contribution in [0.3, 0.4) is 0 Å². The quantitative estimate of drug-likeness (QED) is 0.676. The number of amides is 1. The van der Waals surface area contributed by atoms with E-state index in [1.54, 1.807) is 18.3 Å². The van der Waals surface area contributed by atoms with Crippen molar-refractivity contribution in [3.8, 4) is 0 Å². The van der Waals surface area contributed by atoms with Crippen molar-refractivity contribution in [1.29, 1.82) is 0 Å². The van der Waals surface area contributed by atoms with Gasteiger partial charge in [-0.3, -0.25) is 9.78 Å². The predicted octanol–water partition coefficient (Wildman–Crippen LogP) is 3.95. The molecule has 0 aliphatic carbocycles. The molecular formula is C23H23FN4O. The standard InChI is InChI=1S/C23H23FN4O/c1-26(19-5-3-2-4-6-19)21-11-12-25-22(17-21)23(29)28-15-13-27(14-16-28)20-9-7-18(24)8-10-20/h2-12,17H,13-16H2,1H3. The fourth-order valence-electron chi connectivity index (χ4n) is 3.53. The number of halogens is 1. The van der Waals surface area contributed by atoms with Crippen LogP contribution >= 0.6 is 0 Å². The molecule has 29 heavy (non-hydrogen) atoms. The van der Waals surface area contributed by atoms with Crippen LogP contribution < -0.4 is 9.80 Å². The highest BCUT2D eigenvalue weighted by molar-refractivity contribution is 5.93. The van der Waals surface area contributed by atoms with Crippen LogP contribution in [-0.2, 0) is 0 Å². The molecule has 0 saturated carbocycles. The zero-order chi connectivity index (χ0) is 20.2. The average molecular weight is 390 g/mol. The molecule has 0 bridgehead atoms. The number of hydrogen-bond acceptors (Lipinski definition) is 4. The maximum absolute atomic E-state index is 13.1. The first-order valence-corrected chi connectivity index (χ1v) is 9.66. The van der Waals surface area contributed by atoms with Crippen LogP contribution in [0.2, 0.25) is 0 Å². The molecule has 1 amide bonds. The van der Waals surface area contributed by atoms with Crippen LogP contribution in [0.25, 0.3) is 0 Å². The number of anilines is 3. The first kappa shape index (κ1) is 18.9. The van der Waals surface area contributed by atoms with Gasteiger partial charge in [0, 0.05) is 56.5 Å². The maximum Gasteiger partial charge on any atom is 0.272 e.